The molecule has 1 spiro atoms. The van der Waals surface area contributed by atoms with Crippen molar-refractivity contribution >= 4 is 6.03 Å². The maximum Gasteiger partial charge on any atom is 0.320 e. The molecule has 2 aromatic rings. The van der Waals surface area contributed by atoms with Gasteiger partial charge in [-0.15, -0.1) is 5.10 Å². The zero-order valence-electron chi connectivity index (χ0n) is 20.6. The van der Waals surface area contributed by atoms with E-state index in [4.69, 9.17) is 5.11 Å². The number of amides is 2. The molecule has 1 N–H and O–H groups in total. The topological polar surface area (TPSA) is 77.7 Å². The molecular weight excluding hydrogens is 428 g/mol. The van der Waals surface area contributed by atoms with E-state index in [1.165, 1.54) is 24.8 Å². The fourth-order valence-electron chi connectivity index (χ4n) is 6.33. The minimum Gasteiger partial charge on any atom is -0.394 e. The molecule has 0 unspecified atom stereocenters. The standard InChI is InChI=1S/C26H38N6O2/c1-29(2)26(22-9-4-3-5-10-22)13-11-25(12-14-26)20-30(18-23-19-31(15-16-33)28-27-23)24(34)32(25)17-21-7-6-8-21/h3-5,9-10,19,21,33H,6-8,11-18,20H2,1-2H3/t25-,26+. The summed E-state index contributed by atoms with van der Waals surface area (Å²) in [5.74, 6) is 0.640. The van der Waals surface area contributed by atoms with Crippen LogP contribution in [0.4, 0.5) is 4.79 Å². The van der Waals surface area contributed by atoms with Gasteiger partial charge in [0.25, 0.3) is 0 Å². The van der Waals surface area contributed by atoms with Crippen molar-refractivity contribution in [1.82, 2.24) is 29.7 Å². The van der Waals surface area contributed by atoms with Crippen LogP contribution in [0.25, 0.3) is 0 Å². The predicted molar refractivity (Wildman–Crippen MR) is 130 cm³/mol. The summed E-state index contributed by atoms with van der Waals surface area (Å²) >= 11 is 0. The van der Waals surface area contributed by atoms with Gasteiger partial charge in [-0.1, -0.05) is 42.0 Å². The van der Waals surface area contributed by atoms with Gasteiger partial charge in [-0.05, 0) is 64.1 Å². The molecule has 0 bridgehead atoms. The lowest BCUT2D eigenvalue weighted by atomic mass is 9.68. The van der Waals surface area contributed by atoms with Gasteiger partial charge in [-0.2, -0.15) is 0 Å². The van der Waals surface area contributed by atoms with Crippen molar-refractivity contribution in [2.24, 2.45) is 5.92 Å². The highest BCUT2D eigenvalue weighted by Gasteiger charge is 2.54. The van der Waals surface area contributed by atoms with Crippen LogP contribution in [-0.2, 0) is 18.6 Å². The highest BCUT2D eigenvalue weighted by Crippen LogP contribution is 2.49. The van der Waals surface area contributed by atoms with E-state index in [2.05, 4.69) is 64.5 Å². The summed E-state index contributed by atoms with van der Waals surface area (Å²) in [4.78, 5) is 20.3. The first kappa shape index (κ1) is 23.3. The van der Waals surface area contributed by atoms with E-state index in [9.17, 15) is 4.79 Å². The highest BCUT2D eigenvalue weighted by molar-refractivity contribution is 5.78. The lowest BCUT2D eigenvalue weighted by Crippen LogP contribution is -2.56. The van der Waals surface area contributed by atoms with Gasteiger partial charge in [0, 0.05) is 18.6 Å². The average molecular weight is 467 g/mol. The SMILES string of the molecule is CN(C)[C@]1(c2ccccc2)CC[C@]2(CC1)CN(Cc1cn(CCO)nn1)C(=O)N2CC1CCC1. The zero-order valence-corrected chi connectivity index (χ0v) is 20.6. The normalized spacial score (nSPS) is 27.7. The summed E-state index contributed by atoms with van der Waals surface area (Å²) in [6.07, 6.45) is 9.70. The van der Waals surface area contributed by atoms with Crippen molar-refractivity contribution in [3.05, 3.63) is 47.8 Å². The Hall–Kier alpha value is -2.45. The molecule has 2 heterocycles. The molecule has 0 radical (unpaired) electrons. The Kier molecular flexibility index (Phi) is 6.37. The van der Waals surface area contributed by atoms with Crippen LogP contribution < -0.4 is 0 Å². The van der Waals surface area contributed by atoms with Crippen molar-refractivity contribution in [2.75, 3.05) is 33.8 Å². The van der Waals surface area contributed by atoms with Gasteiger partial charge in [0.05, 0.1) is 31.4 Å². The first-order chi connectivity index (χ1) is 16.5. The van der Waals surface area contributed by atoms with Crippen molar-refractivity contribution in [3.63, 3.8) is 0 Å². The smallest absolute Gasteiger partial charge is 0.320 e. The summed E-state index contributed by atoms with van der Waals surface area (Å²) in [6.45, 7) is 2.56. The lowest BCUT2D eigenvalue weighted by molar-refractivity contribution is 0.0159. The number of urea groups is 1. The number of carbonyl (C=O) groups excluding carboxylic acids is 1. The van der Waals surface area contributed by atoms with Crippen molar-refractivity contribution in [3.8, 4) is 0 Å². The predicted octanol–water partition coefficient (Wildman–Crippen LogP) is 3.08. The lowest BCUT2D eigenvalue weighted by Gasteiger charge is -2.51. The molecule has 1 aliphatic heterocycles. The van der Waals surface area contributed by atoms with E-state index >= 15 is 0 Å². The van der Waals surface area contributed by atoms with Gasteiger partial charge in [-0.3, -0.25) is 4.90 Å². The first-order valence-electron chi connectivity index (χ1n) is 12.8. The average Bonchev–Trinajstić information content (AvgIpc) is 3.35. The molecule has 8 heteroatoms. The maximum atomic E-state index is 13.7. The Morgan fingerprint density at radius 3 is 2.47 bits per heavy atom. The number of carbonyl (C=O) groups is 1. The van der Waals surface area contributed by atoms with Gasteiger partial charge < -0.3 is 14.9 Å². The second-order valence-electron chi connectivity index (χ2n) is 10.8. The monoisotopic (exact) mass is 466 g/mol. The number of hydrogen-bond acceptors (Lipinski definition) is 5. The number of hydrogen-bond donors (Lipinski definition) is 1. The summed E-state index contributed by atoms with van der Waals surface area (Å²) < 4.78 is 1.64. The Morgan fingerprint density at radius 1 is 1.12 bits per heavy atom. The molecule has 8 nitrogen and oxygen atoms in total. The molecule has 2 saturated carbocycles. The summed E-state index contributed by atoms with van der Waals surface area (Å²) in [5, 5.41) is 17.5. The molecule has 0 atom stereocenters. The molecule has 1 aromatic carbocycles. The molecule has 3 fully saturated rings. The van der Waals surface area contributed by atoms with E-state index in [1.54, 1.807) is 4.68 Å². The number of aliphatic hydroxyl groups excluding tert-OH is 1. The number of nitrogens with zero attached hydrogens (tertiary/aromatic N) is 6. The van der Waals surface area contributed by atoms with Crippen molar-refractivity contribution < 1.29 is 9.90 Å². The number of aromatic nitrogens is 3. The molecule has 3 aliphatic rings. The number of aliphatic hydroxyl groups is 1. The minimum atomic E-state index is -0.109. The Balaban J connectivity index is 1.37. The van der Waals surface area contributed by atoms with Crippen LogP contribution in [0.3, 0.4) is 0 Å². The Bertz CT molecular complexity index is 978. The fourth-order valence-corrected chi connectivity index (χ4v) is 6.33. The highest BCUT2D eigenvalue weighted by atomic mass is 16.3. The van der Waals surface area contributed by atoms with Crippen molar-refractivity contribution in [2.45, 2.75) is 69.1 Å². The first-order valence-corrected chi connectivity index (χ1v) is 12.8. The number of rotatable bonds is 8. The van der Waals surface area contributed by atoms with Crippen LogP contribution >= 0.6 is 0 Å². The molecule has 34 heavy (non-hydrogen) atoms. The maximum absolute atomic E-state index is 13.7. The quantitative estimate of drug-likeness (QED) is 0.647. The minimum absolute atomic E-state index is 0.0120. The van der Waals surface area contributed by atoms with E-state index in [1.807, 2.05) is 11.1 Å². The second-order valence-corrected chi connectivity index (χ2v) is 10.8. The van der Waals surface area contributed by atoms with E-state index in [0.717, 1.165) is 44.5 Å². The Labute approximate surface area is 202 Å². The van der Waals surface area contributed by atoms with Gasteiger partial charge in [-0.25, -0.2) is 9.48 Å². The third-order valence-electron chi connectivity index (χ3n) is 8.67. The van der Waals surface area contributed by atoms with Gasteiger partial charge in [0.15, 0.2) is 0 Å². The summed E-state index contributed by atoms with van der Waals surface area (Å²) in [5.41, 5.74) is 2.06. The molecule has 5 rings (SSSR count). The van der Waals surface area contributed by atoms with E-state index in [0.29, 0.717) is 19.0 Å². The van der Waals surface area contributed by atoms with E-state index in [-0.39, 0.29) is 23.7 Å². The molecule has 184 valence electrons. The molecule has 2 aliphatic carbocycles. The van der Waals surface area contributed by atoms with Crippen LogP contribution in [0.15, 0.2) is 36.5 Å². The molecule has 1 aromatic heterocycles. The summed E-state index contributed by atoms with van der Waals surface area (Å²) in [6, 6.07) is 11.0. The van der Waals surface area contributed by atoms with Gasteiger partial charge in [0.2, 0.25) is 0 Å². The third-order valence-corrected chi connectivity index (χ3v) is 8.67. The van der Waals surface area contributed by atoms with Gasteiger partial charge >= 0.3 is 6.03 Å². The second kappa shape index (κ2) is 9.30. The van der Waals surface area contributed by atoms with Crippen LogP contribution in [0.1, 0.15) is 56.2 Å². The van der Waals surface area contributed by atoms with Crippen LogP contribution in [0.2, 0.25) is 0 Å². The van der Waals surface area contributed by atoms with E-state index < -0.39 is 0 Å². The molecule has 2 amide bonds. The zero-order chi connectivity index (χ0) is 23.8. The van der Waals surface area contributed by atoms with Crippen molar-refractivity contribution in [1.29, 1.82) is 0 Å². The van der Waals surface area contributed by atoms with Gasteiger partial charge in [0.1, 0.15) is 5.69 Å². The van der Waals surface area contributed by atoms with Crippen LogP contribution in [-0.4, -0.2) is 80.2 Å². The third kappa shape index (κ3) is 4.11. The fraction of sp³-hybridized carbons (Fsp3) is 0.654. The summed E-state index contributed by atoms with van der Waals surface area (Å²) in [7, 11) is 4.39. The van der Waals surface area contributed by atoms with Crippen LogP contribution in [0.5, 0.6) is 0 Å². The number of benzene rings is 1. The molecule has 1 saturated heterocycles. The largest absolute Gasteiger partial charge is 0.394 e. The van der Waals surface area contributed by atoms with Crippen LogP contribution in [0, 0.1) is 5.92 Å². The Morgan fingerprint density at radius 2 is 1.85 bits per heavy atom. The molecular formula is C26H38N6O2.